The molecule has 0 atom stereocenters. The number of rotatable bonds is 0. The van der Waals surface area contributed by atoms with Crippen LogP contribution < -0.4 is 0 Å². The molecule has 0 spiro atoms. The van der Waals surface area contributed by atoms with Crippen LogP contribution in [0.1, 0.15) is 0 Å². The van der Waals surface area contributed by atoms with Gasteiger partial charge >= 0.3 is 3420 Å². The molecule has 0 saturated heterocycles. The summed E-state index contributed by atoms with van der Waals surface area (Å²) in [5.41, 5.74) is 0. The van der Waals surface area contributed by atoms with Crippen molar-refractivity contribution in [1.82, 2.24) is 0 Å². The SMILES string of the molecule is O=C(O)O.O=C(O)O.O=C(O)O.O=C(O)O.[Ca+2].[Ca+2].[Ca+2].[Ca+2].[Ca+2].[Ca+2].[Ca+2].[Ca+2].[Ca+2].[Ca+2].[Ca+2].[Ca+2].[Ca+2].[Ca+2].[Ca+2].[Ca+2].[Ca+2].[Ca+2].[Ca+2].[Ca+2].[Ca+2].[Ca+2].[Ca+2].[Ca+2].[Ca+2].[Ca+2].[Ca+2].[Ca+2].[Ca+2].[Ca+2].[Ca+2].[Ca+2].[Ca+2].[Ca+2].[Ca+2].[Ca+2].[Ca+2].[Ca+2].[Ca+2].[Ca+2].[Ca+2].[Ca+2].[Ca+2].[Ca+2].[Ca+2].[Ca+2].[Ca+2].[Ca+2].[Ca+2].[Ca+2].[Ca+2].[Ca+2].[Ca+2].[Ca+2].[Ca+2].[Ca+2].[Ca+2].[Ca+2].[Ca+2].[Ca+2].[Ca+2].[Ca+2].[Ca+2].[Ca+2].[Ca+2].[Ca+2].[Ca+2].[Ca+2].[Ca+2].[Ca+2].[Ca+2].[Ca+2].[Ca+2].[Ca+2].[Ca+2].[Ca+2].[Ca+2].[Ca+2].[Ca+2].[Ca+2].[Ca+2].[Ca+2].[Ca+2].[Ca+2].[Ca+2].[Ca+2].[Ca+2].[Ca+2].[Ca+2].[Ca+2]. The summed E-state index contributed by atoms with van der Waals surface area (Å²) in [6.07, 6.45) is -7.33. The van der Waals surface area contributed by atoms with Gasteiger partial charge < -0.3 is 40.9 Å². The van der Waals surface area contributed by atoms with Crippen molar-refractivity contribution in [3.05, 3.63) is 0 Å². The zero-order valence-electron chi connectivity index (χ0n) is 70.9. The van der Waals surface area contributed by atoms with Crippen molar-refractivity contribution in [2.45, 2.75) is 0 Å². The topological polar surface area (TPSA) is 230 Å². The molecule has 12 nitrogen and oxygen atoms in total. The summed E-state index contributed by atoms with van der Waals surface area (Å²) in [4.78, 5) is 34.2. The van der Waals surface area contributed by atoms with E-state index in [4.69, 9.17) is 60.0 Å². The molecular weight excluding hydrogens is 3850 g/mol. The molecule has 0 aliphatic rings. The fourth-order valence-corrected chi connectivity index (χ4v) is 0. The van der Waals surface area contributed by atoms with Crippen LogP contribution in [0.25, 0.3) is 0 Å². The van der Waals surface area contributed by atoms with Crippen LogP contribution in [0.3, 0.4) is 0 Å². The molecule has 0 bridgehead atoms. The average molecular weight is 3860 g/mol. The maximum absolute atomic E-state index is 8.56. The smallest absolute Gasteiger partial charge is 0.450 e. The second kappa shape index (κ2) is 661. The van der Waals surface area contributed by atoms with Crippen molar-refractivity contribution < 1.29 is 60.0 Å². The third-order valence-electron chi connectivity index (χ3n) is 0. The van der Waals surface area contributed by atoms with E-state index in [1.54, 1.807) is 0 Å². The quantitative estimate of drug-likeness (QED) is 0.106. The van der Waals surface area contributed by atoms with Gasteiger partial charge in [0.2, 0.25) is 0 Å². The Kier molecular flexibility index (Phi) is 4180. The van der Waals surface area contributed by atoms with Crippen LogP contribution in [-0.4, -0.2) is 3460 Å². The first-order valence-electron chi connectivity index (χ1n) is 2.61. The van der Waals surface area contributed by atoms with E-state index in [1.165, 1.54) is 0 Å². The molecule has 0 heterocycles. The van der Waals surface area contributed by atoms with Crippen LogP contribution in [0, 0.1) is 0 Å². The van der Waals surface area contributed by atoms with Crippen LogP contribution in [0.5, 0.6) is 0 Å². The fourth-order valence-electron chi connectivity index (χ4n) is 0. The van der Waals surface area contributed by atoms with E-state index < -0.39 is 24.6 Å². The third-order valence-corrected chi connectivity index (χ3v) is 0. The van der Waals surface area contributed by atoms with E-state index in [0.717, 1.165) is 0 Å². The van der Waals surface area contributed by atoms with Gasteiger partial charge in [-0.25, -0.2) is 19.2 Å². The Morgan fingerprint density at radius 2 is 0.0660 bits per heavy atom. The first kappa shape index (κ1) is 670. The van der Waals surface area contributed by atoms with Gasteiger partial charge in [-0.15, -0.1) is 0 Å². The minimum atomic E-state index is -1.83. The largest absolute Gasteiger partial charge is 2.00 e. The van der Waals surface area contributed by atoms with Gasteiger partial charge in [-0.05, 0) is 0 Å². The predicted molar refractivity (Wildman–Crippen MR) is 560 cm³/mol. The van der Waals surface area contributed by atoms with E-state index in [9.17, 15) is 0 Å². The van der Waals surface area contributed by atoms with E-state index >= 15 is 0 Å². The van der Waals surface area contributed by atoms with Gasteiger partial charge in [0.05, 0.1) is 0 Å². The summed E-state index contributed by atoms with van der Waals surface area (Å²) < 4.78 is 0. The Balaban J connectivity index is -0.000000000153. The Labute approximate surface area is 3340 Å². The van der Waals surface area contributed by atoms with Crippen molar-refractivity contribution in [3.8, 4) is 0 Å². The summed E-state index contributed by atoms with van der Waals surface area (Å²) in [7, 11) is 0. The van der Waals surface area contributed by atoms with Gasteiger partial charge in [-0.1, -0.05) is 0 Å². The zero-order valence-corrected chi connectivity index (χ0v) is 270. The van der Waals surface area contributed by atoms with Crippen molar-refractivity contribution in [2.75, 3.05) is 0 Å². The minimum absolute atomic E-state index is 0. The monoisotopic (exact) mass is 3840 g/mol. The number of hydrogen-bond donors (Lipinski definition) is 8. The van der Waals surface area contributed by atoms with E-state index in [1.807, 2.05) is 0 Å². The molecule has 0 aliphatic heterocycles. The molecule has 8 N–H and O–H groups in total. The molecule has 0 aromatic rings. The molecule has 96 valence electrons. The first-order chi connectivity index (χ1) is 6.93. The Morgan fingerprint density at radius 3 is 0.0660 bits per heavy atom. The molecule has 0 amide bonds. The number of carboxylic acid groups (broad SMARTS) is 8. The van der Waals surface area contributed by atoms with Crippen molar-refractivity contribution >= 4 is 3420 Å². The third kappa shape index (κ3) is 801. The van der Waals surface area contributed by atoms with Gasteiger partial charge in [0.15, 0.2) is 0 Å². The summed E-state index contributed by atoms with van der Waals surface area (Å²) in [5, 5.41) is 55.8. The molecule has 102 heteroatoms. The standard InChI is InChI=1S/4CH2O3.90Ca/c4*2-1(3)4;;;;;;;;;;;;;;;;;;;;;;;;;;;;;;;;;;;;;;;;;;;;;;;;;;;;;;;;;;;;;;;;;;;;;;;;;;;;;;;;;;;;;;;;;;/h4*(H2,2,3,4);;;;;;;;;;;;;;;;;;;;;;;;;;;;;;;;;;;;;;;;;;;;;;;;;;;;;;;;;;;;;;;;;;;;;;;;;;;;;;;;;;;;;;;;;;/q;;;;90*+2. The van der Waals surface area contributed by atoms with Crippen molar-refractivity contribution in [1.29, 1.82) is 0 Å². The Bertz CT molecular complexity index is 218. The maximum atomic E-state index is 8.56. The van der Waals surface area contributed by atoms with Gasteiger partial charge in [-0.3, -0.25) is 0 Å². The molecular formula is C4H8Ca90O12+180. The van der Waals surface area contributed by atoms with Crippen LogP contribution in [0.2, 0.25) is 0 Å². The fraction of sp³-hybridized carbons (Fsp3) is 0. The molecule has 0 aliphatic carbocycles. The Morgan fingerprint density at radius 1 is 0.0660 bits per heavy atom. The van der Waals surface area contributed by atoms with Gasteiger partial charge in [0.25, 0.3) is 0 Å². The maximum Gasteiger partial charge on any atom is 2.00 e. The molecule has 0 unspecified atom stereocenters. The first-order valence-corrected chi connectivity index (χ1v) is 2.61. The predicted octanol–water partition coefficient (Wildman–Crippen LogP) is -33.4. The molecule has 0 rings (SSSR count). The van der Waals surface area contributed by atoms with Gasteiger partial charge in [0, 0.05) is 0 Å². The average Bonchev–Trinajstić information content (AvgIpc) is 1.76. The normalized spacial score (nSPS) is 0.906. The van der Waals surface area contributed by atoms with Gasteiger partial charge in [-0.2, -0.15) is 0 Å². The van der Waals surface area contributed by atoms with E-state index in [-0.39, 0.29) is 3400 Å². The molecule has 0 aromatic heterocycles. The van der Waals surface area contributed by atoms with E-state index in [2.05, 4.69) is 0 Å². The second-order valence-electron chi connectivity index (χ2n) is 1.13. The summed E-state index contributed by atoms with van der Waals surface area (Å²) in [5.74, 6) is 0. The molecule has 0 radical (unpaired) electrons. The minimum Gasteiger partial charge on any atom is -0.450 e. The zero-order chi connectivity index (χ0) is 14.3. The molecule has 0 fully saturated rings. The molecule has 0 saturated carbocycles. The van der Waals surface area contributed by atoms with Crippen LogP contribution in [0.15, 0.2) is 0 Å². The van der Waals surface area contributed by atoms with Crippen LogP contribution in [-0.2, 0) is 0 Å². The van der Waals surface area contributed by atoms with Gasteiger partial charge in [0.1, 0.15) is 0 Å². The molecule has 0 aromatic carbocycles. The summed E-state index contributed by atoms with van der Waals surface area (Å²) in [6.45, 7) is 0. The van der Waals surface area contributed by atoms with Crippen LogP contribution >= 0.6 is 0 Å². The Hall–Kier alpha value is 110. The molecule has 106 heavy (non-hydrogen) atoms. The van der Waals surface area contributed by atoms with Crippen molar-refractivity contribution in [3.63, 3.8) is 0 Å². The van der Waals surface area contributed by atoms with Crippen molar-refractivity contribution in [2.24, 2.45) is 0 Å². The summed E-state index contributed by atoms with van der Waals surface area (Å²) >= 11 is 0. The van der Waals surface area contributed by atoms with E-state index in [0.29, 0.717) is 0 Å². The number of hydrogen-bond acceptors (Lipinski definition) is 4. The summed E-state index contributed by atoms with van der Waals surface area (Å²) in [6, 6.07) is 0. The number of carbonyl (C=O) groups is 4. The van der Waals surface area contributed by atoms with Crippen LogP contribution in [0.4, 0.5) is 19.2 Å². The second-order valence-corrected chi connectivity index (χ2v) is 1.13.